The maximum Gasteiger partial charge on any atom is 0.314 e. The van der Waals surface area contributed by atoms with Gasteiger partial charge >= 0.3 is 5.97 Å². The molecule has 114 valence electrons. The summed E-state index contributed by atoms with van der Waals surface area (Å²) in [6, 6.07) is 9.28. The summed E-state index contributed by atoms with van der Waals surface area (Å²) >= 11 is 0. The lowest BCUT2D eigenvalue weighted by Gasteiger charge is -2.39. The first-order valence-electron chi connectivity index (χ1n) is 7.12. The molecule has 1 heterocycles. The van der Waals surface area contributed by atoms with E-state index >= 15 is 0 Å². The molecule has 5 nitrogen and oxygen atoms in total. The molecule has 1 saturated heterocycles. The molecule has 21 heavy (non-hydrogen) atoms. The van der Waals surface area contributed by atoms with E-state index in [0.717, 1.165) is 5.56 Å². The number of carbonyl (C=O) groups excluding carboxylic acids is 1. The molecule has 0 bridgehead atoms. The first-order chi connectivity index (χ1) is 10.0. The number of rotatable bonds is 4. The molecule has 1 atom stereocenters. The number of hydrogen-bond donors (Lipinski definition) is 1. The number of benzene rings is 1. The van der Waals surface area contributed by atoms with Crippen molar-refractivity contribution in [2.24, 2.45) is 0 Å². The molecule has 0 aromatic heterocycles. The van der Waals surface area contributed by atoms with Crippen LogP contribution in [-0.2, 0) is 19.7 Å². The maximum absolute atomic E-state index is 12.1. The standard InChI is InChI=1S/C16H21NO4/c1-12(21-2)14(18)17-10-8-16(9-11-17,15(19)20)13-6-4-3-5-7-13/h3-7,12H,8-11H2,1-2H3,(H,19,20). The van der Waals surface area contributed by atoms with Crippen LogP contribution in [0.2, 0.25) is 0 Å². The van der Waals surface area contributed by atoms with Crippen LogP contribution in [0, 0.1) is 0 Å². The molecule has 1 aliphatic rings. The summed E-state index contributed by atoms with van der Waals surface area (Å²) in [6.07, 6.45) is 0.363. The number of piperidine rings is 1. The molecule has 1 unspecified atom stereocenters. The van der Waals surface area contributed by atoms with Crippen LogP contribution in [0.3, 0.4) is 0 Å². The number of nitrogens with zero attached hydrogens (tertiary/aromatic N) is 1. The highest BCUT2D eigenvalue weighted by Gasteiger charge is 2.44. The van der Waals surface area contributed by atoms with Gasteiger partial charge in [-0.05, 0) is 25.3 Å². The number of likely N-dealkylation sites (tertiary alicyclic amines) is 1. The van der Waals surface area contributed by atoms with Crippen LogP contribution in [0.15, 0.2) is 30.3 Å². The van der Waals surface area contributed by atoms with Crippen molar-refractivity contribution in [2.75, 3.05) is 20.2 Å². The van der Waals surface area contributed by atoms with Gasteiger partial charge in [0.25, 0.3) is 5.91 Å². The second-order valence-electron chi connectivity index (χ2n) is 5.46. The number of carboxylic acids is 1. The average molecular weight is 291 g/mol. The summed E-state index contributed by atoms with van der Waals surface area (Å²) in [6.45, 7) is 2.58. The van der Waals surface area contributed by atoms with Gasteiger partial charge in [0.15, 0.2) is 0 Å². The lowest BCUT2D eigenvalue weighted by atomic mass is 9.73. The first-order valence-corrected chi connectivity index (χ1v) is 7.12. The Bertz CT molecular complexity index is 506. The van der Waals surface area contributed by atoms with Gasteiger partial charge < -0.3 is 14.7 Å². The van der Waals surface area contributed by atoms with Gasteiger partial charge in [0.1, 0.15) is 6.10 Å². The van der Waals surface area contributed by atoms with Crippen molar-refractivity contribution < 1.29 is 19.4 Å². The Hall–Kier alpha value is -1.88. The maximum atomic E-state index is 12.1. The van der Waals surface area contributed by atoms with E-state index in [1.54, 1.807) is 11.8 Å². The molecule has 1 fully saturated rings. The third kappa shape index (κ3) is 2.93. The number of methoxy groups -OCH3 is 1. The lowest BCUT2D eigenvalue weighted by Crippen LogP contribution is -2.51. The molecular formula is C16H21NO4. The van der Waals surface area contributed by atoms with Crippen molar-refractivity contribution in [3.63, 3.8) is 0 Å². The molecule has 1 aliphatic heterocycles. The normalized spacial score (nSPS) is 19.0. The minimum atomic E-state index is -0.894. The van der Waals surface area contributed by atoms with Crippen LogP contribution in [0.5, 0.6) is 0 Å². The number of amides is 1. The largest absolute Gasteiger partial charge is 0.481 e. The SMILES string of the molecule is COC(C)C(=O)N1CCC(C(=O)O)(c2ccccc2)CC1. The Morgan fingerprint density at radius 2 is 1.81 bits per heavy atom. The van der Waals surface area contributed by atoms with E-state index in [1.165, 1.54) is 7.11 Å². The van der Waals surface area contributed by atoms with Crippen LogP contribution in [0.4, 0.5) is 0 Å². The van der Waals surface area contributed by atoms with E-state index in [2.05, 4.69) is 0 Å². The molecular weight excluding hydrogens is 270 g/mol. The predicted molar refractivity (Wildman–Crippen MR) is 78.0 cm³/mol. The van der Waals surface area contributed by atoms with Crippen molar-refractivity contribution in [3.05, 3.63) is 35.9 Å². The quantitative estimate of drug-likeness (QED) is 0.916. The minimum Gasteiger partial charge on any atom is -0.481 e. The molecule has 0 saturated carbocycles. The van der Waals surface area contributed by atoms with E-state index < -0.39 is 17.5 Å². The Morgan fingerprint density at radius 3 is 2.29 bits per heavy atom. The summed E-state index contributed by atoms with van der Waals surface area (Å²) < 4.78 is 5.04. The summed E-state index contributed by atoms with van der Waals surface area (Å²) in [5.41, 5.74) is -0.0849. The summed E-state index contributed by atoms with van der Waals surface area (Å²) in [5.74, 6) is -0.898. The van der Waals surface area contributed by atoms with Gasteiger partial charge in [-0.15, -0.1) is 0 Å². The van der Waals surface area contributed by atoms with E-state index in [4.69, 9.17) is 4.74 Å². The topological polar surface area (TPSA) is 66.8 Å². The van der Waals surface area contributed by atoms with Gasteiger partial charge in [0.2, 0.25) is 0 Å². The Labute approximate surface area is 124 Å². The van der Waals surface area contributed by atoms with Crippen LogP contribution in [-0.4, -0.2) is 48.2 Å². The van der Waals surface area contributed by atoms with Crippen molar-refractivity contribution >= 4 is 11.9 Å². The average Bonchev–Trinajstić information content (AvgIpc) is 2.54. The molecule has 1 aromatic rings. The van der Waals surface area contributed by atoms with Crippen LogP contribution in [0.25, 0.3) is 0 Å². The molecule has 5 heteroatoms. The monoisotopic (exact) mass is 291 g/mol. The Kier molecular flexibility index (Phi) is 4.63. The van der Waals surface area contributed by atoms with Gasteiger partial charge in [-0.1, -0.05) is 30.3 Å². The van der Waals surface area contributed by atoms with Crippen molar-refractivity contribution in [3.8, 4) is 0 Å². The number of aliphatic carboxylic acids is 1. The van der Waals surface area contributed by atoms with Crippen LogP contribution >= 0.6 is 0 Å². The molecule has 1 aromatic carbocycles. The fourth-order valence-electron chi connectivity index (χ4n) is 2.85. The van der Waals surface area contributed by atoms with E-state index in [9.17, 15) is 14.7 Å². The summed E-state index contributed by atoms with van der Waals surface area (Å²) in [4.78, 5) is 25.6. The lowest BCUT2D eigenvalue weighted by molar-refractivity contribution is -0.150. The second kappa shape index (κ2) is 6.26. The van der Waals surface area contributed by atoms with E-state index in [1.807, 2.05) is 30.3 Å². The Balaban J connectivity index is 2.16. The molecule has 1 amide bonds. The van der Waals surface area contributed by atoms with Gasteiger partial charge in [0, 0.05) is 20.2 Å². The first kappa shape index (κ1) is 15.5. The Morgan fingerprint density at radius 1 is 1.24 bits per heavy atom. The molecule has 2 rings (SSSR count). The van der Waals surface area contributed by atoms with Gasteiger partial charge in [-0.2, -0.15) is 0 Å². The third-order valence-corrected chi connectivity index (χ3v) is 4.37. The zero-order chi connectivity index (χ0) is 15.5. The number of hydrogen-bond acceptors (Lipinski definition) is 3. The highest BCUT2D eigenvalue weighted by Crippen LogP contribution is 2.36. The number of ether oxygens (including phenoxy) is 1. The second-order valence-corrected chi connectivity index (χ2v) is 5.46. The zero-order valence-corrected chi connectivity index (χ0v) is 12.4. The number of carboxylic acid groups (broad SMARTS) is 1. The summed E-state index contributed by atoms with van der Waals surface area (Å²) in [5, 5.41) is 9.69. The summed E-state index contributed by atoms with van der Waals surface area (Å²) in [7, 11) is 1.50. The molecule has 0 spiro atoms. The smallest absolute Gasteiger partial charge is 0.314 e. The zero-order valence-electron chi connectivity index (χ0n) is 12.4. The third-order valence-electron chi connectivity index (χ3n) is 4.37. The van der Waals surface area contributed by atoms with Crippen molar-refractivity contribution in [1.29, 1.82) is 0 Å². The van der Waals surface area contributed by atoms with Gasteiger partial charge in [0.05, 0.1) is 5.41 Å². The van der Waals surface area contributed by atoms with E-state index in [-0.39, 0.29) is 5.91 Å². The predicted octanol–water partition coefficient (Wildman–Crippen LogP) is 1.67. The fraction of sp³-hybridized carbons (Fsp3) is 0.500. The van der Waals surface area contributed by atoms with Crippen LogP contribution < -0.4 is 0 Å². The molecule has 0 aliphatic carbocycles. The van der Waals surface area contributed by atoms with Gasteiger partial charge in [-0.3, -0.25) is 9.59 Å². The fourth-order valence-corrected chi connectivity index (χ4v) is 2.85. The van der Waals surface area contributed by atoms with Crippen LogP contribution in [0.1, 0.15) is 25.3 Å². The van der Waals surface area contributed by atoms with Crippen molar-refractivity contribution in [2.45, 2.75) is 31.3 Å². The van der Waals surface area contributed by atoms with E-state index in [0.29, 0.717) is 25.9 Å². The molecule has 1 N–H and O–H groups in total. The van der Waals surface area contributed by atoms with Crippen molar-refractivity contribution in [1.82, 2.24) is 4.90 Å². The highest BCUT2D eigenvalue weighted by atomic mass is 16.5. The van der Waals surface area contributed by atoms with Gasteiger partial charge in [-0.25, -0.2) is 0 Å². The minimum absolute atomic E-state index is 0.0791. The highest BCUT2D eigenvalue weighted by molar-refractivity contribution is 5.84. The molecule has 0 radical (unpaired) electrons. The number of carbonyl (C=O) groups is 2.